The number of nitrogens with one attached hydrogen (secondary N) is 2. The van der Waals surface area contributed by atoms with Crippen molar-refractivity contribution >= 4 is 33.2 Å². The predicted octanol–water partition coefficient (Wildman–Crippen LogP) is 2.08. The lowest BCUT2D eigenvalue weighted by Gasteiger charge is -2.26. The minimum Gasteiger partial charge on any atom is -0.495 e. The quantitative estimate of drug-likeness (QED) is 0.762. The number of carbonyl (C=O) groups is 1. The molecule has 0 saturated carbocycles. The van der Waals surface area contributed by atoms with Crippen LogP contribution in [0.5, 0.6) is 5.75 Å². The van der Waals surface area contributed by atoms with Gasteiger partial charge in [-0.2, -0.15) is 4.31 Å². The Bertz CT molecular complexity index is 949. The first-order valence-electron chi connectivity index (χ1n) is 8.33. The maximum absolute atomic E-state index is 12.8. The molecule has 2 aromatic rings. The Labute approximate surface area is 163 Å². The number of rotatable bonds is 6. The number of halogens is 1. The molecule has 2 N–H and O–H groups in total. The van der Waals surface area contributed by atoms with Gasteiger partial charge in [0.2, 0.25) is 15.9 Å². The summed E-state index contributed by atoms with van der Waals surface area (Å²) in [6, 6.07) is 12.0. The van der Waals surface area contributed by atoms with Crippen LogP contribution in [-0.2, 0) is 21.4 Å². The number of benzene rings is 2. The molecule has 144 valence electrons. The highest BCUT2D eigenvalue weighted by Gasteiger charge is 2.29. The summed E-state index contributed by atoms with van der Waals surface area (Å²) in [5.74, 6) is 0.301. The van der Waals surface area contributed by atoms with Gasteiger partial charge in [0.15, 0.2) is 0 Å². The van der Waals surface area contributed by atoms with E-state index in [-0.39, 0.29) is 23.9 Å². The Morgan fingerprint density at radius 3 is 2.78 bits per heavy atom. The number of ether oxygens (including phenoxy) is 1. The van der Waals surface area contributed by atoms with Gasteiger partial charge in [-0.3, -0.25) is 4.79 Å². The Kier molecular flexibility index (Phi) is 5.88. The summed E-state index contributed by atoms with van der Waals surface area (Å²) in [6.07, 6.45) is 0. The van der Waals surface area contributed by atoms with Crippen LogP contribution in [0.15, 0.2) is 47.4 Å². The Balaban J connectivity index is 1.73. The van der Waals surface area contributed by atoms with Gasteiger partial charge in [0.05, 0.1) is 23.6 Å². The normalized spacial score (nSPS) is 15.3. The van der Waals surface area contributed by atoms with Gasteiger partial charge in [-0.25, -0.2) is 8.42 Å². The maximum Gasteiger partial charge on any atom is 0.243 e. The molecule has 0 spiro atoms. The van der Waals surface area contributed by atoms with Gasteiger partial charge in [0.1, 0.15) is 5.75 Å². The molecule has 0 aliphatic carbocycles. The standard InChI is InChI=1S/C18H20ClN3O4S/c1-26-17-6-5-13(9-16(17)19)11-21-14-3-2-4-15(10-14)27(24,25)22-8-7-20-18(23)12-22/h2-6,9-10,21H,7-8,11-12H2,1H3,(H,20,23). The molecule has 0 atom stereocenters. The van der Waals surface area contributed by atoms with Crippen LogP contribution < -0.4 is 15.4 Å². The number of sulfonamides is 1. The van der Waals surface area contributed by atoms with Gasteiger partial charge >= 0.3 is 0 Å². The van der Waals surface area contributed by atoms with Gasteiger partial charge in [0, 0.05) is 25.3 Å². The van der Waals surface area contributed by atoms with Gasteiger partial charge < -0.3 is 15.4 Å². The molecule has 27 heavy (non-hydrogen) atoms. The number of amides is 1. The highest BCUT2D eigenvalue weighted by molar-refractivity contribution is 7.89. The second kappa shape index (κ2) is 8.16. The molecule has 1 saturated heterocycles. The molecule has 2 aromatic carbocycles. The van der Waals surface area contributed by atoms with Crippen molar-refractivity contribution in [2.24, 2.45) is 0 Å². The summed E-state index contributed by atoms with van der Waals surface area (Å²) < 4.78 is 31.8. The molecule has 3 rings (SSSR count). The number of nitrogens with zero attached hydrogens (tertiary/aromatic N) is 1. The lowest BCUT2D eigenvalue weighted by molar-refractivity contribution is -0.122. The molecule has 0 unspecified atom stereocenters. The second-order valence-corrected chi connectivity index (χ2v) is 8.38. The molecular weight excluding hydrogens is 390 g/mol. The highest BCUT2D eigenvalue weighted by atomic mass is 35.5. The molecule has 0 bridgehead atoms. The van der Waals surface area contributed by atoms with E-state index in [0.29, 0.717) is 29.5 Å². The monoisotopic (exact) mass is 409 g/mol. The first-order valence-corrected chi connectivity index (χ1v) is 10.1. The minimum absolute atomic E-state index is 0.148. The van der Waals surface area contributed by atoms with Crippen LogP contribution in [0.3, 0.4) is 0 Å². The zero-order chi connectivity index (χ0) is 19.4. The summed E-state index contributed by atoms with van der Waals surface area (Å²) in [6.45, 7) is 0.883. The molecule has 9 heteroatoms. The number of carbonyl (C=O) groups excluding carboxylic acids is 1. The minimum atomic E-state index is -3.72. The summed E-state index contributed by atoms with van der Waals surface area (Å²) in [7, 11) is -2.17. The predicted molar refractivity (Wildman–Crippen MR) is 104 cm³/mol. The van der Waals surface area contributed by atoms with E-state index in [0.717, 1.165) is 5.56 Å². The first-order chi connectivity index (χ1) is 12.9. The molecule has 0 aromatic heterocycles. The molecule has 0 radical (unpaired) electrons. The fraction of sp³-hybridized carbons (Fsp3) is 0.278. The first kappa shape index (κ1) is 19.5. The van der Waals surface area contributed by atoms with Gasteiger partial charge in [0.25, 0.3) is 0 Å². The average Bonchev–Trinajstić information content (AvgIpc) is 2.67. The zero-order valence-corrected chi connectivity index (χ0v) is 16.3. The SMILES string of the molecule is COc1ccc(CNc2cccc(S(=O)(=O)N3CCNC(=O)C3)c2)cc1Cl. The molecule has 1 fully saturated rings. The lowest BCUT2D eigenvalue weighted by atomic mass is 10.2. The second-order valence-electron chi connectivity index (χ2n) is 6.04. The fourth-order valence-electron chi connectivity index (χ4n) is 2.76. The van der Waals surface area contributed by atoms with Crippen molar-refractivity contribution in [3.8, 4) is 5.75 Å². The summed E-state index contributed by atoms with van der Waals surface area (Å²) >= 11 is 6.12. The van der Waals surface area contributed by atoms with Crippen molar-refractivity contribution in [3.05, 3.63) is 53.1 Å². The Hall–Kier alpha value is -2.29. The van der Waals surface area contributed by atoms with Crippen molar-refractivity contribution in [3.63, 3.8) is 0 Å². The number of hydrogen-bond donors (Lipinski definition) is 2. The van der Waals surface area contributed by atoms with Crippen LogP contribution in [0.4, 0.5) is 5.69 Å². The Morgan fingerprint density at radius 2 is 2.07 bits per heavy atom. The van der Waals surface area contributed by atoms with E-state index in [9.17, 15) is 13.2 Å². The van der Waals surface area contributed by atoms with Gasteiger partial charge in [-0.1, -0.05) is 23.7 Å². The number of hydrogen-bond acceptors (Lipinski definition) is 5. The van der Waals surface area contributed by atoms with E-state index < -0.39 is 10.0 Å². The summed E-state index contributed by atoms with van der Waals surface area (Å²) in [4.78, 5) is 11.6. The van der Waals surface area contributed by atoms with E-state index in [4.69, 9.17) is 16.3 Å². The van der Waals surface area contributed by atoms with E-state index in [1.807, 2.05) is 6.07 Å². The van der Waals surface area contributed by atoms with Crippen LogP contribution in [0.25, 0.3) is 0 Å². The van der Waals surface area contributed by atoms with Crippen molar-refractivity contribution in [2.45, 2.75) is 11.4 Å². The van der Waals surface area contributed by atoms with Gasteiger partial charge in [-0.15, -0.1) is 0 Å². The molecule has 1 amide bonds. The number of anilines is 1. The average molecular weight is 410 g/mol. The van der Waals surface area contributed by atoms with E-state index in [2.05, 4.69) is 10.6 Å². The van der Waals surface area contributed by atoms with Crippen molar-refractivity contribution in [2.75, 3.05) is 32.1 Å². The molecular formula is C18H20ClN3O4S. The largest absolute Gasteiger partial charge is 0.495 e. The lowest BCUT2D eigenvalue weighted by Crippen LogP contribution is -2.49. The fourth-order valence-corrected chi connectivity index (χ4v) is 4.48. The van der Waals surface area contributed by atoms with Crippen LogP contribution in [0, 0.1) is 0 Å². The zero-order valence-electron chi connectivity index (χ0n) is 14.7. The number of methoxy groups -OCH3 is 1. The van der Waals surface area contributed by atoms with Crippen molar-refractivity contribution in [1.82, 2.24) is 9.62 Å². The van der Waals surface area contributed by atoms with Crippen molar-refractivity contribution in [1.29, 1.82) is 0 Å². The maximum atomic E-state index is 12.8. The van der Waals surface area contributed by atoms with Crippen LogP contribution in [0.1, 0.15) is 5.56 Å². The highest BCUT2D eigenvalue weighted by Crippen LogP contribution is 2.26. The summed E-state index contributed by atoms with van der Waals surface area (Å²) in [5.41, 5.74) is 1.59. The molecule has 7 nitrogen and oxygen atoms in total. The molecule has 1 aliphatic rings. The molecule has 1 heterocycles. The Morgan fingerprint density at radius 1 is 1.26 bits per heavy atom. The third-order valence-electron chi connectivity index (χ3n) is 4.19. The van der Waals surface area contributed by atoms with Gasteiger partial charge in [-0.05, 0) is 35.9 Å². The number of piperazine rings is 1. The summed E-state index contributed by atoms with van der Waals surface area (Å²) in [5, 5.41) is 6.32. The van der Waals surface area contributed by atoms with E-state index in [1.54, 1.807) is 37.4 Å². The third-order valence-corrected chi connectivity index (χ3v) is 6.32. The van der Waals surface area contributed by atoms with Crippen LogP contribution in [-0.4, -0.2) is 45.4 Å². The van der Waals surface area contributed by atoms with Crippen LogP contribution >= 0.6 is 11.6 Å². The third kappa shape index (κ3) is 4.52. The van der Waals surface area contributed by atoms with E-state index in [1.165, 1.54) is 10.4 Å². The smallest absolute Gasteiger partial charge is 0.243 e. The van der Waals surface area contributed by atoms with Crippen molar-refractivity contribution < 1.29 is 17.9 Å². The molecule has 1 aliphatic heterocycles. The van der Waals surface area contributed by atoms with Crippen LogP contribution in [0.2, 0.25) is 5.02 Å². The van der Waals surface area contributed by atoms with E-state index >= 15 is 0 Å². The topological polar surface area (TPSA) is 87.7 Å².